The maximum atomic E-state index is 3.31. The van der Waals surface area contributed by atoms with Crippen molar-refractivity contribution in [1.29, 1.82) is 0 Å². The standard InChI is InChI=1S/C22H25N/c1-3-9-20(10-4-1)11-7-8-16-23-17-14-22(15-18-23)19-21-12-5-2-6-13-21/h1-6,9-10,12-13,22H,8,14-19H2. The summed E-state index contributed by atoms with van der Waals surface area (Å²) in [7, 11) is 0. The normalized spacial score (nSPS) is 15.8. The molecule has 0 spiro atoms. The van der Waals surface area contributed by atoms with Gasteiger partial charge in [-0.15, -0.1) is 0 Å². The Morgan fingerprint density at radius 2 is 1.52 bits per heavy atom. The molecule has 2 aromatic carbocycles. The minimum absolute atomic E-state index is 0.851. The first kappa shape index (κ1) is 15.8. The zero-order valence-corrected chi connectivity index (χ0v) is 13.7. The van der Waals surface area contributed by atoms with Crippen LogP contribution in [0.4, 0.5) is 0 Å². The van der Waals surface area contributed by atoms with Gasteiger partial charge in [-0.2, -0.15) is 0 Å². The summed E-state index contributed by atoms with van der Waals surface area (Å²) in [6.45, 7) is 3.56. The first-order chi connectivity index (χ1) is 11.4. The largest absolute Gasteiger partial charge is 0.302 e. The molecule has 1 aliphatic heterocycles. The van der Waals surface area contributed by atoms with Crippen molar-refractivity contribution in [2.75, 3.05) is 19.6 Å². The van der Waals surface area contributed by atoms with Gasteiger partial charge in [0.2, 0.25) is 0 Å². The summed E-state index contributed by atoms with van der Waals surface area (Å²) in [5.74, 6) is 7.41. The highest BCUT2D eigenvalue weighted by atomic mass is 15.1. The van der Waals surface area contributed by atoms with Crippen LogP contribution in [0.15, 0.2) is 60.7 Å². The number of piperidine rings is 1. The van der Waals surface area contributed by atoms with Gasteiger partial charge in [-0.05, 0) is 56.0 Å². The van der Waals surface area contributed by atoms with Crippen molar-refractivity contribution in [2.24, 2.45) is 5.92 Å². The average molecular weight is 303 g/mol. The van der Waals surface area contributed by atoms with Crippen molar-refractivity contribution >= 4 is 0 Å². The Labute approximate surface area is 140 Å². The number of hydrogen-bond donors (Lipinski definition) is 0. The lowest BCUT2D eigenvalue weighted by atomic mass is 9.90. The fourth-order valence-electron chi connectivity index (χ4n) is 3.26. The van der Waals surface area contributed by atoms with Crippen LogP contribution in [0.5, 0.6) is 0 Å². The Hall–Kier alpha value is -2.04. The Bertz CT molecular complexity index is 628. The van der Waals surface area contributed by atoms with Gasteiger partial charge in [0.05, 0.1) is 0 Å². The van der Waals surface area contributed by atoms with Crippen molar-refractivity contribution in [2.45, 2.75) is 25.7 Å². The second kappa shape index (κ2) is 8.56. The van der Waals surface area contributed by atoms with Gasteiger partial charge in [0.25, 0.3) is 0 Å². The Morgan fingerprint density at radius 1 is 0.870 bits per heavy atom. The summed E-state index contributed by atoms with van der Waals surface area (Å²) < 4.78 is 0. The highest BCUT2D eigenvalue weighted by molar-refractivity contribution is 5.33. The minimum Gasteiger partial charge on any atom is -0.302 e. The number of likely N-dealkylation sites (tertiary alicyclic amines) is 1. The molecule has 1 nitrogen and oxygen atoms in total. The fourth-order valence-corrected chi connectivity index (χ4v) is 3.26. The molecule has 3 rings (SSSR count). The highest BCUT2D eigenvalue weighted by Gasteiger charge is 2.18. The average Bonchev–Trinajstić information content (AvgIpc) is 2.62. The van der Waals surface area contributed by atoms with Gasteiger partial charge in [-0.1, -0.05) is 60.4 Å². The third-order valence-corrected chi connectivity index (χ3v) is 4.63. The number of rotatable bonds is 4. The first-order valence-electron chi connectivity index (χ1n) is 8.70. The molecule has 0 atom stereocenters. The molecule has 0 radical (unpaired) electrons. The molecule has 0 aliphatic carbocycles. The topological polar surface area (TPSA) is 3.24 Å². The molecular formula is C22H25N. The van der Waals surface area contributed by atoms with Crippen LogP contribution in [0.2, 0.25) is 0 Å². The van der Waals surface area contributed by atoms with Crippen LogP contribution in [0.3, 0.4) is 0 Å². The van der Waals surface area contributed by atoms with Gasteiger partial charge < -0.3 is 4.90 Å². The van der Waals surface area contributed by atoms with Gasteiger partial charge in [0.15, 0.2) is 0 Å². The summed E-state index contributed by atoms with van der Waals surface area (Å²) in [6.07, 6.45) is 4.85. The lowest BCUT2D eigenvalue weighted by molar-refractivity contribution is 0.187. The van der Waals surface area contributed by atoms with Crippen LogP contribution in [-0.2, 0) is 6.42 Å². The lowest BCUT2D eigenvalue weighted by Gasteiger charge is -2.31. The number of hydrogen-bond acceptors (Lipinski definition) is 1. The van der Waals surface area contributed by atoms with Gasteiger partial charge >= 0.3 is 0 Å². The van der Waals surface area contributed by atoms with Crippen LogP contribution in [0, 0.1) is 17.8 Å². The second-order valence-electron chi connectivity index (χ2n) is 6.39. The molecular weight excluding hydrogens is 278 g/mol. The predicted molar refractivity (Wildman–Crippen MR) is 97.2 cm³/mol. The molecule has 0 aromatic heterocycles. The van der Waals surface area contributed by atoms with Crippen LogP contribution in [-0.4, -0.2) is 24.5 Å². The van der Waals surface area contributed by atoms with Crippen LogP contribution < -0.4 is 0 Å². The number of benzene rings is 2. The zero-order valence-electron chi connectivity index (χ0n) is 13.7. The van der Waals surface area contributed by atoms with E-state index in [2.05, 4.69) is 59.2 Å². The van der Waals surface area contributed by atoms with E-state index in [4.69, 9.17) is 0 Å². The molecule has 0 N–H and O–H groups in total. The van der Waals surface area contributed by atoms with Gasteiger partial charge in [-0.25, -0.2) is 0 Å². The summed E-state index contributed by atoms with van der Waals surface area (Å²) in [6, 6.07) is 21.2. The molecule has 0 saturated carbocycles. The summed E-state index contributed by atoms with van der Waals surface area (Å²) in [4.78, 5) is 2.57. The van der Waals surface area contributed by atoms with E-state index in [9.17, 15) is 0 Å². The van der Waals surface area contributed by atoms with Crippen molar-refractivity contribution < 1.29 is 0 Å². The molecule has 118 valence electrons. The predicted octanol–water partition coefficient (Wildman–Crippen LogP) is 4.38. The van der Waals surface area contributed by atoms with E-state index in [1.165, 1.54) is 37.9 Å². The third-order valence-electron chi connectivity index (χ3n) is 4.63. The zero-order chi connectivity index (χ0) is 15.7. The van der Waals surface area contributed by atoms with Gasteiger partial charge in [-0.3, -0.25) is 0 Å². The molecule has 1 aliphatic rings. The van der Waals surface area contributed by atoms with E-state index in [1.54, 1.807) is 0 Å². The monoisotopic (exact) mass is 303 g/mol. The fraction of sp³-hybridized carbons (Fsp3) is 0.364. The first-order valence-corrected chi connectivity index (χ1v) is 8.70. The maximum absolute atomic E-state index is 3.31. The van der Waals surface area contributed by atoms with E-state index >= 15 is 0 Å². The second-order valence-corrected chi connectivity index (χ2v) is 6.39. The van der Waals surface area contributed by atoms with Crippen molar-refractivity contribution in [3.8, 4) is 11.8 Å². The van der Waals surface area contributed by atoms with E-state index in [1.807, 2.05) is 18.2 Å². The van der Waals surface area contributed by atoms with Gasteiger partial charge in [0.1, 0.15) is 0 Å². The van der Waals surface area contributed by atoms with Crippen molar-refractivity contribution in [1.82, 2.24) is 4.90 Å². The molecule has 0 unspecified atom stereocenters. The lowest BCUT2D eigenvalue weighted by Crippen LogP contribution is -2.34. The van der Waals surface area contributed by atoms with Crippen LogP contribution in [0.1, 0.15) is 30.4 Å². The van der Waals surface area contributed by atoms with Crippen molar-refractivity contribution in [3.05, 3.63) is 71.8 Å². The molecule has 1 heteroatoms. The minimum atomic E-state index is 0.851. The quantitative estimate of drug-likeness (QED) is 0.758. The van der Waals surface area contributed by atoms with E-state index < -0.39 is 0 Å². The molecule has 1 heterocycles. The smallest absolute Gasteiger partial charge is 0.0245 e. The van der Waals surface area contributed by atoms with Crippen LogP contribution in [0.25, 0.3) is 0 Å². The summed E-state index contributed by atoms with van der Waals surface area (Å²) in [5, 5.41) is 0. The SMILES string of the molecule is C(#Cc1ccccc1)CCN1CCC(Cc2ccccc2)CC1. The van der Waals surface area contributed by atoms with E-state index in [-0.39, 0.29) is 0 Å². The number of nitrogens with zero attached hydrogens (tertiary/aromatic N) is 1. The molecule has 23 heavy (non-hydrogen) atoms. The molecule has 2 aromatic rings. The van der Waals surface area contributed by atoms with Gasteiger partial charge in [0, 0.05) is 18.5 Å². The van der Waals surface area contributed by atoms with E-state index in [0.717, 1.165) is 24.4 Å². The van der Waals surface area contributed by atoms with E-state index in [0.29, 0.717) is 0 Å². The Morgan fingerprint density at radius 3 is 2.22 bits per heavy atom. The highest BCUT2D eigenvalue weighted by Crippen LogP contribution is 2.21. The summed E-state index contributed by atoms with van der Waals surface area (Å²) >= 11 is 0. The molecule has 0 bridgehead atoms. The Kier molecular flexibility index (Phi) is 5.89. The Balaban J connectivity index is 1.37. The summed E-state index contributed by atoms with van der Waals surface area (Å²) in [5.41, 5.74) is 2.61. The molecule has 1 saturated heterocycles. The molecule has 1 fully saturated rings. The van der Waals surface area contributed by atoms with Crippen molar-refractivity contribution in [3.63, 3.8) is 0 Å². The third kappa shape index (κ3) is 5.27. The maximum Gasteiger partial charge on any atom is 0.0245 e. The molecule has 0 amide bonds. The van der Waals surface area contributed by atoms with Crippen LogP contribution >= 0.6 is 0 Å².